The third kappa shape index (κ3) is 4.41. The van der Waals surface area contributed by atoms with E-state index in [-0.39, 0.29) is 5.78 Å². The Balaban J connectivity index is 2.67. The third-order valence-corrected chi connectivity index (χ3v) is 2.00. The predicted octanol–water partition coefficient (Wildman–Crippen LogP) is 3.40. The van der Waals surface area contributed by atoms with E-state index in [2.05, 4.69) is 11.9 Å². The molecule has 0 aliphatic rings. The van der Waals surface area contributed by atoms with Gasteiger partial charge in [-0.05, 0) is 51.1 Å². The van der Waals surface area contributed by atoms with E-state index in [0.29, 0.717) is 11.3 Å². The van der Waals surface area contributed by atoms with Crippen molar-refractivity contribution < 1.29 is 14.3 Å². The van der Waals surface area contributed by atoms with Crippen LogP contribution in [0, 0.1) is 0 Å². The lowest BCUT2D eigenvalue weighted by Gasteiger charge is -2.19. The number of hydrogen-bond acceptors (Lipinski definition) is 3. The summed E-state index contributed by atoms with van der Waals surface area (Å²) in [5.74, 6) is -0.154. The molecule has 0 saturated carbocycles. The maximum atomic E-state index is 11.5. The van der Waals surface area contributed by atoms with Crippen molar-refractivity contribution in [3.05, 3.63) is 42.5 Å². The number of ether oxygens (including phenoxy) is 1. The molecule has 0 aromatic heterocycles. The molecule has 1 amide bonds. The molecular weight excluding hydrogens is 230 g/mol. The van der Waals surface area contributed by atoms with Crippen LogP contribution in [0.2, 0.25) is 0 Å². The molecule has 0 unspecified atom stereocenters. The smallest absolute Gasteiger partial charge is 0.412 e. The first-order valence-electron chi connectivity index (χ1n) is 5.58. The molecule has 1 aromatic rings. The molecule has 1 rings (SSSR count). The van der Waals surface area contributed by atoms with Crippen LogP contribution in [0.3, 0.4) is 0 Å². The topological polar surface area (TPSA) is 55.4 Å². The lowest BCUT2D eigenvalue weighted by atomic mass is 10.1. The summed E-state index contributed by atoms with van der Waals surface area (Å²) < 4.78 is 5.11. The molecular formula is C14H17NO3. The van der Waals surface area contributed by atoms with Crippen LogP contribution < -0.4 is 5.32 Å². The minimum absolute atomic E-state index is 0.154. The van der Waals surface area contributed by atoms with Crippen molar-refractivity contribution in [3.8, 4) is 0 Å². The Morgan fingerprint density at radius 1 is 1.22 bits per heavy atom. The molecule has 1 aromatic carbocycles. The maximum Gasteiger partial charge on any atom is 0.412 e. The second-order valence-corrected chi connectivity index (χ2v) is 4.77. The van der Waals surface area contributed by atoms with Gasteiger partial charge in [-0.25, -0.2) is 4.79 Å². The van der Waals surface area contributed by atoms with Gasteiger partial charge in [0.1, 0.15) is 5.60 Å². The molecule has 96 valence electrons. The van der Waals surface area contributed by atoms with E-state index in [9.17, 15) is 9.59 Å². The van der Waals surface area contributed by atoms with Gasteiger partial charge in [0, 0.05) is 11.3 Å². The summed E-state index contributed by atoms with van der Waals surface area (Å²) in [4.78, 5) is 22.8. The molecule has 0 heterocycles. The van der Waals surface area contributed by atoms with E-state index >= 15 is 0 Å². The minimum Gasteiger partial charge on any atom is -0.444 e. The van der Waals surface area contributed by atoms with E-state index in [1.165, 1.54) is 6.08 Å². The highest BCUT2D eigenvalue weighted by molar-refractivity contribution is 6.04. The SMILES string of the molecule is C=CC(=O)c1ccc(NC(=O)OC(C)(C)C)cc1. The first kappa shape index (κ1) is 14.0. The van der Waals surface area contributed by atoms with Crippen molar-refractivity contribution in [1.29, 1.82) is 0 Å². The van der Waals surface area contributed by atoms with Crippen LogP contribution in [0.25, 0.3) is 0 Å². The van der Waals surface area contributed by atoms with Gasteiger partial charge >= 0.3 is 6.09 Å². The number of ketones is 1. The van der Waals surface area contributed by atoms with Gasteiger partial charge in [-0.2, -0.15) is 0 Å². The van der Waals surface area contributed by atoms with Gasteiger partial charge in [0.05, 0.1) is 0 Å². The number of hydrogen-bond donors (Lipinski definition) is 1. The summed E-state index contributed by atoms with van der Waals surface area (Å²) in [6.45, 7) is 8.78. The Morgan fingerprint density at radius 3 is 2.22 bits per heavy atom. The van der Waals surface area contributed by atoms with Crippen LogP contribution in [-0.2, 0) is 4.74 Å². The zero-order chi connectivity index (χ0) is 13.8. The van der Waals surface area contributed by atoms with Crippen molar-refractivity contribution in [3.63, 3.8) is 0 Å². The molecule has 0 fully saturated rings. The summed E-state index contributed by atoms with van der Waals surface area (Å²) in [6, 6.07) is 6.52. The van der Waals surface area contributed by atoms with Crippen molar-refractivity contribution >= 4 is 17.6 Å². The molecule has 4 nitrogen and oxygen atoms in total. The minimum atomic E-state index is -0.539. The summed E-state index contributed by atoms with van der Waals surface area (Å²) in [5.41, 5.74) is 0.563. The molecule has 4 heteroatoms. The summed E-state index contributed by atoms with van der Waals surface area (Å²) >= 11 is 0. The van der Waals surface area contributed by atoms with Crippen LogP contribution in [0.5, 0.6) is 0 Å². The average molecular weight is 247 g/mol. The Kier molecular flexibility index (Phi) is 4.26. The predicted molar refractivity (Wildman–Crippen MR) is 70.8 cm³/mol. The summed E-state index contributed by atoms with van der Waals surface area (Å²) in [6.07, 6.45) is 0.723. The van der Waals surface area contributed by atoms with Crippen LogP contribution in [-0.4, -0.2) is 17.5 Å². The molecule has 0 aliphatic carbocycles. The summed E-state index contributed by atoms with van der Waals surface area (Å²) in [7, 11) is 0. The van der Waals surface area contributed by atoms with E-state index in [1.807, 2.05) is 0 Å². The Bertz CT molecular complexity index is 455. The van der Waals surface area contributed by atoms with Crippen molar-refractivity contribution in [2.45, 2.75) is 26.4 Å². The fourth-order valence-electron chi connectivity index (χ4n) is 1.26. The lowest BCUT2D eigenvalue weighted by Crippen LogP contribution is -2.27. The third-order valence-electron chi connectivity index (χ3n) is 2.00. The van der Waals surface area contributed by atoms with Crippen LogP contribution in [0.15, 0.2) is 36.9 Å². The number of anilines is 1. The van der Waals surface area contributed by atoms with Gasteiger partial charge in [-0.15, -0.1) is 0 Å². The highest BCUT2D eigenvalue weighted by Gasteiger charge is 2.16. The lowest BCUT2D eigenvalue weighted by molar-refractivity contribution is 0.0636. The standard InChI is InChI=1S/C14H17NO3/c1-5-12(16)10-6-8-11(9-7-10)15-13(17)18-14(2,3)4/h5-9H,1H2,2-4H3,(H,15,17). The first-order valence-corrected chi connectivity index (χ1v) is 5.58. The van der Waals surface area contributed by atoms with Crippen LogP contribution >= 0.6 is 0 Å². The van der Waals surface area contributed by atoms with Gasteiger partial charge in [0.25, 0.3) is 0 Å². The number of nitrogens with one attached hydrogen (secondary N) is 1. The zero-order valence-electron chi connectivity index (χ0n) is 10.8. The second kappa shape index (κ2) is 5.49. The molecule has 0 atom stereocenters. The van der Waals surface area contributed by atoms with Crippen molar-refractivity contribution in [2.75, 3.05) is 5.32 Å². The van der Waals surface area contributed by atoms with Gasteiger partial charge in [0.2, 0.25) is 0 Å². The van der Waals surface area contributed by atoms with Gasteiger partial charge in [0.15, 0.2) is 5.78 Å². The number of allylic oxidation sites excluding steroid dienone is 1. The highest BCUT2D eigenvalue weighted by Crippen LogP contribution is 2.13. The fourth-order valence-corrected chi connectivity index (χ4v) is 1.26. The maximum absolute atomic E-state index is 11.5. The quantitative estimate of drug-likeness (QED) is 0.657. The average Bonchev–Trinajstić information content (AvgIpc) is 2.26. The van der Waals surface area contributed by atoms with E-state index < -0.39 is 11.7 Å². The Labute approximate surface area is 107 Å². The molecule has 0 aliphatic heterocycles. The number of carbonyl (C=O) groups excluding carboxylic acids is 2. The molecule has 0 spiro atoms. The van der Waals surface area contributed by atoms with Crippen LogP contribution in [0.4, 0.5) is 10.5 Å². The van der Waals surface area contributed by atoms with Gasteiger partial charge in [-0.3, -0.25) is 10.1 Å². The van der Waals surface area contributed by atoms with Gasteiger partial charge < -0.3 is 4.74 Å². The molecule has 1 N–H and O–H groups in total. The molecule has 0 bridgehead atoms. The van der Waals surface area contributed by atoms with Crippen molar-refractivity contribution in [2.24, 2.45) is 0 Å². The summed E-state index contributed by atoms with van der Waals surface area (Å²) in [5, 5.41) is 2.58. The monoisotopic (exact) mass is 247 g/mol. The van der Waals surface area contributed by atoms with E-state index in [0.717, 1.165) is 0 Å². The molecule has 18 heavy (non-hydrogen) atoms. The van der Waals surface area contributed by atoms with E-state index in [1.54, 1.807) is 45.0 Å². The number of benzene rings is 1. The largest absolute Gasteiger partial charge is 0.444 e. The molecule has 0 saturated heterocycles. The van der Waals surface area contributed by atoms with Crippen LogP contribution in [0.1, 0.15) is 31.1 Å². The van der Waals surface area contributed by atoms with Crippen molar-refractivity contribution in [1.82, 2.24) is 0 Å². The molecule has 0 radical (unpaired) electrons. The number of rotatable bonds is 3. The van der Waals surface area contributed by atoms with Gasteiger partial charge in [-0.1, -0.05) is 6.58 Å². The first-order chi connectivity index (χ1) is 8.31. The second-order valence-electron chi connectivity index (χ2n) is 4.77. The van der Waals surface area contributed by atoms with E-state index in [4.69, 9.17) is 4.74 Å². The Hall–Kier alpha value is -2.10. The highest BCUT2D eigenvalue weighted by atomic mass is 16.6. The number of amides is 1. The normalized spacial score (nSPS) is 10.6. The fraction of sp³-hybridized carbons (Fsp3) is 0.286. The number of carbonyl (C=O) groups is 2. The Morgan fingerprint density at radius 2 is 1.78 bits per heavy atom. The zero-order valence-corrected chi connectivity index (χ0v) is 10.8.